The maximum Gasteiger partial charge on any atom is 0.331 e. The fourth-order valence-electron chi connectivity index (χ4n) is 7.95. The highest BCUT2D eigenvalue weighted by molar-refractivity contribution is 5.85. The smallest absolute Gasteiger partial charge is 0.331 e. The highest BCUT2D eigenvalue weighted by Gasteiger charge is 2.68. The van der Waals surface area contributed by atoms with Crippen molar-refractivity contribution >= 4 is 12.3 Å². The second-order valence-electron chi connectivity index (χ2n) is 10.9. The zero-order chi connectivity index (χ0) is 20.7. The number of carbonyl (C=O) groups is 2. The van der Waals surface area contributed by atoms with Gasteiger partial charge < -0.3 is 24.9 Å². The van der Waals surface area contributed by atoms with E-state index in [1.54, 1.807) is 6.08 Å². The van der Waals surface area contributed by atoms with E-state index in [2.05, 4.69) is 6.92 Å². The van der Waals surface area contributed by atoms with Gasteiger partial charge in [-0.1, -0.05) is 6.92 Å². The standard InChI is InChI=1S/C23H32O6/c1-20-7-16(15-6-19(26)29-12-15)9-23(20,28)8-14-2-5-22(27)10-17(25)3-4-21(22,13-24)18(14)11-20/h6,13-14,16-18,25,27-28H,2-5,7-12H2,1H3. The molecule has 0 aromatic heterocycles. The molecule has 0 radical (unpaired) electrons. The molecule has 29 heavy (non-hydrogen) atoms. The average Bonchev–Trinajstić information content (AvgIpc) is 3.20. The molecule has 8 atom stereocenters. The SMILES string of the molecule is CC12CC(C3=CC(=O)OC3)CC1(O)CC1CCC3(O)CC(O)CCC3(C=O)C1C2. The summed E-state index contributed by atoms with van der Waals surface area (Å²) in [5.41, 5.74) is -2.19. The topological polar surface area (TPSA) is 104 Å². The summed E-state index contributed by atoms with van der Waals surface area (Å²) in [5, 5.41) is 33.4. The van der Waals surface area contributed by atoms with Crippen LogP contribution in [-0.2, 0) is 14.3 Å². The number of aliphatic hydroxyl groups is 3. The van der Waals surface area contributed by atoms with E-state index >= 15 is 0 Å². The lowest BCUT2D eigenvalue weighted by Crippen LogP contribution is -2.66. The van der Waals surface area contributed by atoms with Crippen molar-refractivity contribution in [1.82, 2.24) is 0 Å². The largest absolute Gasteiger partial charge is 0.458 e. The summed E-state index contributed by atoms with van der Waals surface area (Å²) in [6, 6.07) is 0. The van der Waals surface area contributed by atoms with Crippen LogP contribution in [0.4, 0.5) is 0 Å². The Morgan fingerprint density at radius 2 is 1.86 bits per heavy atom. The van der Waals surface area contributed by atoms with Gasteiger partial charge in [0.2, 0.25) is 0 Å². The first kappa shape index (κ1) is 19.7. The van der Waals surface area contributed by atoms with Crippen molar-refractivity contribution < 1.29 is 29.6 Å². The van der Waals surface area contributed by atoms with Crippen LogP contribution in [0.3, 0.4) is 0 Å². The van der Waals surface area contributed by atoms with Gasteiger partial charge in [0.25, 0.3) is 0 Å². The van der Waals surface area contributed by atoms with Gasteiger partial charge in [-0.3, -0.25) is 0 Å². The van der Waals surface area contributed by atoms with Crippen LogP contribution in [0, 0.1) is 28.6 Å². The summed E-state index contributed by atoms with van der Waals surface area (Å²) in [5.74, 6) is 0.0379. The summed E-state index contributed by atoms with van der Waals surface area (Å²) < 4.78 is 5.10. The second-order valence-corrected chi connectivity index (χ2v) is 10.9. The van der Waals surface area contributed by atoms with Crippen molar-refractivity contribution in [1.29, 1.82) is 0 Å². The first-order valence-corrected chi connectivity index (χ1v) is 11.1. The van der Waals surface area contributed by atoms with Gasteiger partial charge in [-0.25, -0.2) is 4.79 Å². The minimum absolute atomic E-state index is 0.0192. The zero-order valence-corrected chi connectivity index (χ0v) is 17.1. The molecule has 0 saturated heterocycles. The molecule has 0 bridgehead atoms. The van der Waals surface area contributed by atoms with Crippen LogP contribution in [0.25, 0.3) is 0 Å². The Morgan fingerprint density at radius 1 is 1.07 bits per heavy atom. The number of ether oxygens (including phenoxy) is 1. The quantitative estimate of drug-likeness (QED) is 0.480. The summed E-state index contributed by atoms with van der Waals surface area (Å²) in [7, 11) is 0. The fraction of sp³-hybridized carbons (Fsp3) is 0.826. The van der Waals surface area contributed by atoms with E-state index in [1.165, 1.54) is 0 Å². The van der Waals surface area contributed by atoms with E-state index in [0.29, 0.717) is 45.1 Å². The molecule has 0 aromatic rings. The maximum absolute atomic E-state index is 12.5. The van der Waals surface area contributed by atoms with Gasteiger partial charge in [0.05, 0.1) is 22.7 Å². The number of hydrogen-bond acceptors (Lipinski definition) is 6. The molecule has 4 aliphatic carbocycles. The van der Waals surface area contributed by atoms with Crippen LogP contribution in [0.15, 0.2) is 11.6 Å². The highest BCUT2D eigenvalue weighted by Crippen LogP contribution is 2.68. The minimum Gasteiger partial charge on any atom is -0.458 e. The third kappa shape index (κ3) is 2.58. The van der Waals surface area contributed by atoms with E-state index < -0.39 is 22.7 Å². The van der Waals surface area contributed by atoms with E-state index in [4.69, 9.17) is 4.74 Å². The molecule has 0 aromatic carbocycles. The molecule has 160 valence electrons. The van der Waals surface area contributed by atoms with Crippen LogP contribution in [0.1, 0.15) is 64.7 Å². The molecule has 8 unspecified atom stereocenters. The van der Waals surface area contributed by atoms with Gasteiger partial charge in [-0.2, -0.15) is 0 Å². The summed E-state index contributed by atoms with van der Waals surface area (Å²) in [6.45, 7) is 2.43. The Labute approximate surface area is 171 Å². The van der Waals surface area contributed by atoms with Crippen molar-refractivity contribution in [3.05, 3.63) is 11.6 Å². The van der Waals surface area contributed by atoms with E-state index in [1.807, 2.05) is 0 Å². The van der Waals surface area contributed by atoms with E-state index in [9.17, 15) is 24.9 Å². The molecule has 4 saturated carbocycles. The predicted octanol–water partition coefficient (Wildman–Crippen LogP) is 1.90. The third-order valence-electron chi connectivity index (χ3n) is 9.58. The second kappa shape index (κ2) is 6.14. The lowest BCUT2D eigenvalue weighted by Gasteiger charge is -2.63. The predicted molar refractivity (Wildman–Crippen MR) is 104 cm³/mol. The Kier molecular flexibility index (Phi) is 4.18. The number of fused-ring (bicyclic) bond motifs is 4. The normalized spacial score (nSPS) is 54.1. The van der Waals surface area contributed by atoms with Gasteiger partial charge in [-0.15, -0.1) is 0 Å². The monoisotopic (exact) mass is 404 g/mol. The Balaban J connectivity index is 1.48. The Morgan fingerprint density at radius 3 is 2.55 bits per heavy atom. The van der Waals surface area contributed by atoms with Crippen LogP contribution < -0.4 is 0 Å². The molecule has 1 aliphatic heterocycles. The molecule has 1 heterocycles. The molecular formula is C23H32O6. The van der Waals surface area contributed by atoms with Gasteiger partial charge in [0, 0.05) is 12.5 Å². The molecule has 6 nitrogen and oxygen atoms in total. The zero-order valence-electron chi connectivity index (χ0n) is 17.1. The molecule has 5 rings (SSSR count). The Hall–Kier alpha value is -1.24. The molecule has 0 spiro atoms. The van der Waals surface area contributed by atoms with Gasteiger partial charge in [0.1, 0.15) is 12.9 Å². The number of carbonyl (C=O) groups excluding carboxylic acids is 2. The first-order chi connectivity index (χ1) is 13.6. The van der Waals surface area contributed by atoms with Crippen LogP contribution in [0.5, 0.6) is 0 Å². The average molecular weight is 405 g/mol. The highest BCUT2D eigenvalue weighted by atomic mass is 16.5. The number of rotatable bonds is 2. The summed E-state index contributed by atoms with van der Waals surface area (Å²) in [6.07, 6.45) is 7.36. The third-order valence-corrected chi connectivity index (χ3v) is 9.58. The van der Waals surface area contributed by atoms with Crippen LogP contribution in [0.2, 0.25) is 0 Å². The van der Waals surface area contributed by atoms with Gasteiger partial charge in [-0.05, 0) is 80.1 Å². The Bertz CT molecular complexity index is 777. The number of hydrogen-bond donors (Lipinski definition) is 3. The van der Waals surface area contributed by atoms with Crippen LogP contribution in [-0.4, -0.2) is 51.5 Å². The van der Waals surface area contributed by atoms with Crippen molar-refractivity contribution in [3.8, 4) is 0 Å². The van der Waals surface area contributed by atoms with E-state index in [-0.39, 0.29) is 35.6 Å². The van der Waals surface area contributed by atoms with Crippen molar-refractivity contribution in [3.63, 3.8) is 0 Å². The van der Waals surface area contributed by atoms with Gasteiger partial charge in [0.15, 0.2) is 0 Å². The van der Waals surface area contributed by atoms with E-state index in [0.717, 1.165) is 24.7 Å². The maximum atomic E-state index is 12.5. The van der Waals surface area contributed by atoms with Gasteiger partial charge >= 0.3 is 5.97 Å². The number of aldehydes is 1. The number of esters is 1. The molecule has 0 amide bonds. The number of aliphatic hydroxyl groups excluding tert-OH is 1. The summed E-state index contributed by atoms with van der Waals surface area (Å²) >= 11 is 0. The minimum atomic E-state index is -1.15. The van der Waals surface area contributed by atoms with Crippen molar-refractivity contribution in [2.24, 2.45) is 28.6 Å². The fourth-order valence-corrected chi connectivity index (χ4v) is 7.95. The lowest BCUT2D eigenvalue weighted by molar-refractivity contribution is -0.229. The first-order valence-electron chi connectivity index (χ1n) is 11.1. The molecule has 3 N–H and O–H groups in total. The van der Waals surface area contributed by atoms with Crippen molar-refractivity contribution in [2.45, 2.75) is 82.0 Å². The summed E-state index contributed by atoms with van der Waals surface area (Å²) in [4.78, 5) is 24.0. The molecular weight excluding hydrogens is 372 g/mol. The molecule has 6 heteroatoms. The molecule has 4 fully saturated rings. The number of cyclic esters (lactones) is 1. The lowest BCUT2D eigenvalue weighted by atomic mass is 9.43. The van der Waals surface area contributed by atoms with Crippen LogP contribution >= 0.6 is 0 Å². The van der Waals surface area contributed by atoms with Crippen molar-refractivity contribution in [2.75, 3.05) is 6.61 Å². The molecule has 5 aliphatic rings.